The molecule has 10 nitrogen and oxygen atoms in total. The van der Waals surface area contributed by atoms with E-state index in [1.54, 1.807) is 0 Å². The molecule has 0 aliphatic carbocycles. The van der Waals surface area contributed by atoms with E-state index in [9.17, 15) is 17.6 Å². The van der Waals surface area contributed by atoms with Crippen LogP contribution in [0.25, 0.3) is 22.2 Å². The molecule has 3 aromatic rings. The fourth-order valence-electron chi connectivity index (χ4n) is 8.44. The lowest BCUT2D eigenvalue weighted by atomic mass is 9.95. The zero-order valence-electron chi connectivity index (χ0n) is 25.1. The number of rotatable bonds is 4. The fraction of sp³-hybridized carbons (Fsp3) is 0.600. The van der Waals surface area contributed by atoms with Crippen LogP contribution in [-0.2, 0) is 6.18 Å². The molecule has 6 atom stereocenters. The summed E-state index contributed by atoms with van der Waals surface area (Å²) < 4.78 is 87.2. The van der Waals surface area contributed by atoms with Gasteiger partial charge in [0.1, 0.15) is 47.1 Å². The number of pyridine rings is 2. The molecule has 246 valence electrons. The highest BCUT2D eigenvalue weighted by atomic mass is 35.5. The second kappa shape index (κ2) is 10.3. The molecule has 0 unspecified atom stereocenters. The molecule has 0 amide bonds. The molecule has 3 aromatic heterocycles. The van der Waals surface area contributed by atoms with Crippen molar-refractivity contribution in [2.45, 2.75) is 88.1 Å². The quantitative estimate of drug-likeness (QED) is 0.375. The Labute approximate surface area is 265 Å². The van der Waals surface area contributed by atoms with Crippen molar-refractivity contribution in [3.8, 4) is 23.1 Å². The van der Waals surface area contributed by atoms with Crippen molar-refractivity contribution in [3.63, 3.8) is 0 Å². The standard InChI is InChI=1S/C30H32ClF5N8O2/c1-12-19(30(34,35)36)17(20(31)25(37)38-12)22-21(33)23-18-26(42-28(41-23)45-11-29-6-3-7-43(29)9-14(32)8-29)44-10-15-4-5-16(39-15)24(44)13(2)46-27(18)40-22/h13-16,24,39H,3-11H2,1-2H3,(H2,37,38)/t13-,14+,15+,16-,24+,29-/m0/s1. The third-order valence-electron chi connectivity index (χ3n) is 10.3. The number of nitrogens with two attached hydrogens (primary N) is 1. The summed E-state index contributed by atoms with van der Waals surface area (Å²) in [4.78, 5) is 21.4. The molecule has 0 spiro atoms. The van der Waals surface area contributed by atoms with Crippen LogP contribution in [0.15, 0.2) is 0 Å². The molecule has 16 heteroatoms. The number of piperazine rings is 1. The van der Waals surface area contributed by atoms with Gasteiger partial charge in [-0.3, -0.25) is 4.90 Å². The first-order valence-corrected chi connectivity index (χ1v) is 15.9. The number of alkyl halides is 4. The molecule has 2 bridgehead atoms. The van der Waals surface area contributed by atoms with Crippen LogP contribution in [0.1, 0.15) is 50.3 Å². The van der Waals surface area contributed by atoms with Gasteiger partial charge in [0.05, 0.1) is 27.9 Å². The van der Waals surface area contributed by atoms with Gasteiger partial charge in [0, 0.05) is 37.2 Å². The van der Waals surface area contributed by atoms with Gasteiger partial charge in [0.2, 0.25) is 5.88 Å². The van der Waals surface area contributed by atoms with Gasteiger partial charge in [0.15, 0.2) is 5.82 Å². The Morgan fingerprint density at radius 3 is 2.76 bits per heavy atom. The third kappa shape index (κ3) is 4.48. The van der Waals surface area contributed by atoms with Crippen molar-refractivity contribution in [2.75, 3.05) is 36.9 Å². The highest BCUT2D eigenvalue weighted by Crippen LogP contribution is 2.49. The van der Waals surface area contributed by atoms with Gasteiger partial charge in [-0.25, -0.2) is 18.7 Å². The second-order valence-corrected chi connectivity index (χ2v) is 13.5. The minimum absolute atomic E-state index is 0.0293. The van der Waals surface area contributed by atoms with Crippen molar-refractivity contribution in [1.82, 2.24) is 30.2 Å². The summed E-state index contributed by atoms with van der Waals surface area (Å²) in [5, 5.41) is 3.14. The Morgan fingerprint density at radius 1 is 1.17 bits per heavy atom. The van der Waals surface area contributed by atoms with Crippen LogP contribution in [0.3, 0.4) is 0 Å². The predicted molar refractivity (Wildman–Crippen MR) is 159 cm³/mol. The van der Waals surface area contributed by atoms with Crippen molar-refractivity contribution < 1.29 is 31.4 Å². The minimum Gasteiger partial charge on any atom is -0.472 e. The van der Waals surface area contributed by atoms with E-state index >= 15 is 4.39 Å². The van der Waals surface area contributed by atoms with E-state index in [0.717, 1.165) is 39.2 Å². The van der Waals surface area contributed by atoms with E-state index in [1.165, 1.54) is 0 Å². The number of fused-ring (bicyclic) bond motifs is 6. The summed E-state index contributed by atoms with van der Waals surface area (Å²) in [6, 6.07) is -0.228. The summed E-state index contributed by atoms with van der Waals surface area (Å²) >= 11 is 6.35. The number of aryl methyl sites for hydroxylation is 1. The topological polar surface area (TPSA) is 115 Å². The Morgan fingerprint density at radius 2 is 1.98 bits per heavy atom. The van der Waals surface area contributed by atoms with Gasteiger partial charge in [-0.1, -0.05) is 11.6 Å². The lowest BCUT2D eigenvalue weighted by Crippen LogP contribution is -2.62. The van der Waals surface area contributed by atoms with Crippen LogP contribution >= 0.6 is 11.6 Å². The second-order valence-electron chi connectivity index (χ2n) is 13.2. The van der Waals surface area contributed by atoms with E-state index in [4.69, 9.17) is 31.8 Å². The molecule has 8 heterocycles. The molecule has 8 rings (SSSR count). The lowest BCUT2D eigenvalue weighted by Gasteiger charge is -2.42. The molecule has 0 radical (unpaired) electrons. The first-order chi connectivity index (χ1) is 21.8. The summed E-state index contributed by atoms with van der Waals surface area (Å²) in [7, 11) is 0. The summed E-state index contributed by atoms with van der Waals surface area (Å²) in [6.45, 7) is 4.64. The smallest absolute Gasteiger partial charge is 0.418 e. The molecule has 46 heavy (non-hydrogen) atoms. The maximum atomic E-state index is 16.9. The molecule has 4 saturated heterocycles. The third-order valence-corrected chi connectivity index (χ3v) is 10.7. The Kier molecular flexibility index (Phi) is 6.76. The van der Waals surface area contributed by atoms with Gasteiger partial charge in [-0.15, -0.1) is 0 Å². The van der Waals surface area contributed by atoms with Gasteiger partial charge < -0.3 is 25.4 Å². The van der Waals surface area contributed by atoms with Crippen LogP contribution in [-0.4, -0.2) is 87.0 Å². The fourth-order valence-corrected chi connectivity index (χ4v) is 8.67. The summed E-state index contributed by atoms with van der Waals surface area (Å²) in [5.41, 5.74) is 1.80. The van der Waals surface area contributed by atoms with Crippen molar-refractivity contribution in [3.05, 3.63) is 22.1 Å². The first-order valence-electron chi connectivity index (χ1n) is 15.5. The molecule has 4 fully saturated rings. The maximum absolute atomic E-state index is 16.9. The number of nitrogens with zero attached hydrogens (tertiary/aromatic N) is 6. The maximum Gasteiger partial charge on any atom is 0.418 e. The number of anilines is 2. The number of nitrogens with one attached hydrogen (secondary N) is 1. The molecule has 5 aliphatic rings. The van der Waals surface area contributed by atoms with E-state index in [2.05, 4.69) is 25.2 Å². The molecule has 5 aliphatic heterocycles. The number of hydrogen-bond donors (Lipinski definition) is 2. The van der Waals surface area contributed by atoms with Gasteiger partial charge >= 0.3 is 12.2 Å². The van der Waals surface area contributed by atoms with E-state index in [1.807, 2.05) is 11.8 Å². The molecule has 0 saturated carbocycles. The monoisotopic (exact) mass is 666 g/mol. The van der Waals surface area contributed by atoms with Crippen LogP contribution < -0.4 is 25.4 Å². The number of hydrogen-bond acceptors (Lipinski definition) is 10. The van der Waals surface area contributed by atoms with Crippen LogP contribution in [0.4, 0.5) is 33.6 Å². The number of halogens is 6. The summed E-state index contributed by atoms with van der Waals surface area (Å²) in [6.07, 6.45) is -2.73. The summed E-state index contributed by atoms with van der Waals surface area (Å²) in [5.74, 6) is -1.37. The Bertz CT molecular complexity index is 1760. The highest BCUT2D eigenvalue weighted by molar-refractivity contribution is 6.35. The predicted octanol–water partition coefficient (Wildman–Crippen LogP) is 4.83. The average Bonchev–Trinajstić information content (AvgIpc) is 3.62. The number of nitrogen functional groups attached to an aromatic ring is 1. The van der Waals surface area contributed by atoms with Crippen molar-refractivity contribution in [2.24, 2.45) is 0 Å². The minimum atomic E-state index is -4.96. The number of aromatic nitrogens is 4. The van der Waals surface area contributed by atoms with Gasteiger partial charge in [-0.2, -0.15) is 23.1 Å². The van der Waals surface area contributed by atoms with E-state index in [0.29, 0.717) is 25.3 Å². The zero-order valence-corrected chi connectivity index (χ0v) is 25.9. The first kappa shape index (κ1) is 30.1. The average molecular weight is 667 g/mol. The Hall–Kier alpha value is -3.30. The highest BCUT2D eigenvalue weighted by Gasteiger charge is 2.50. The Balaban J connectivity index is 1.34. The molecule has 3 N–H and O–H groups in total. The molecular formula is C30H32ClF5N8O2. The van der Waals surface area contributed by atoms with Crippen LogP contribution in [0, 0.1) is 12.7 Å². The van der Waals surface area contributed by atoms with Crippen molar-refractivity contribution >= 4 is 34.1 Å². The normalized spacial score (nSPS) is 30.3. The van der Waals surface area contributed by atoms with Crippen LogP contribution in [0.5, 0.6) is 11.9 Å². The SMILES string of the molecule is Cc1nc(N)c(Cl)c(-c2nc3c4c(nc(OC[C@@]56CCCN5C[C@H](F)C6)nc4c2F)N2C[C@H]4CC[C@H](N4)[C@H]2[C@H](C)O3)c1C(F)(F)F. The number of ether oxygens (including phenoxy) is 2. The zero-order chi connectivity index (χ0) is 32.3. The molecule has 0 aromatic carbocycles. The largest absolute Gasteiger partial charge is 0.472 e. The lowest BCUT2D eigenvalue weighted by molar-refractivity contribution is -0.137. The van der Waals surface area contributed by atoms with Crippen LogP contribution in [0.2, 0.25) is 5.02 Å². The van der Waals surface area contributed by atoms with E-state index < -0.39 is 63.2 Å². The van der Waals surface area contributed by atoms with E-state index in [-0.39, 0.29) is 47.5 Å². The van der Waals surface area contributed by atoms with Gasteiger partial charge in [-0.05, 0) is 46.1 Å². The van der Waals surface area contributed by atoms with Crippen molar-refractivity contribution in [1.29, 1.82) is 0 Å². The van der Waals surface area contributed by atoms with Gasteiger partial charge in [0.25, 0.3) is 0 Å². The molecular weight excluding hydrogens is 635 g/mol.